The number of alkyl halides is 6. The van der Waals surface area contributed by atoms with E-state index >= 15 is 0 Å². The van der Waals surface area contributed by atoms with Gasteiger partial charge < -0.3 is 20.3 Å². The summed E-state index contributed by atoms with van der Waals surface area (Å²) in [5, 5.41) is 28.7. The number of aliphatic hydroxyl groups excluding tert-OH is 1. The van der Waals surface area contributed by atoms with Crippen molar-refractivity contribution >= 4 is 16.6 Å². The molecule has 2 heterocycles. The number of pyridine rings is 1. The summed E-state index contributed by atoms with van der Waals surface area (Å²) in [4.78, 5) is 3.46. The SMILES string of the molecule is CC(C)(O)c1cc2nn(CCCOCC(F)(F)F)cc2cc1NC(O)c1cccc(C(F)(F)F)n1. The van der Waals surface area contributed by atoms with Crippen LogP contribution in [0.3, 0.4) is 0 Å². The number of rotatable bonds is 9. The average Bonchev–Trinajstić information content (AvgIpc) is 3.12. The number of fused-ring (bicyclic) bond motifs is 1. The van der Waals surface area contributed by atoms with E-state index < -0.39 is 36.5 Å². The van der Waals surface area contributed by atoms with Gasteiger partial charge in [-0.25, -0.2) is 4.98 Å². The van der Waals surface area contributed by atoms with Crippen LogP contribution >= 0.6 is 0 Å². The van der Waals surface area contributed by atoms with Crippen LogP contribution < -0.4 is 5.32 Å². The number of benzene rings is 1. The summed E-state index contributed by atoms with van der Waals surface area (Å²) in [5.41, 5.74) is -1.81. The number of anilines is 1. The van der Waals surface area contributed by atoms with Crippen molar-refractivity contribution in [3.63, 3.8) is 0 Å². The number of hydrogen-bond acceptors (Lipinski definition) is 6. The maximum absolute atomic E-state index is 13.0. The molecule has 0 spiro atoms. The topological polar surface area (TPSA) is 92.4 Å². The second-order valence-corrected chi connectivity index (χ2v) is 8.42. The third kappa shape index (κ3) is 7.29. The molecule has 13 heteroatoms. The number of nitrogens with one attached hydrogen (secondary N) is 1. The molecule has 0 radical (unpaired) electrons. The summed E-state index contributed by atoms with van der Waals surface area (Å²) in [6, 6.07) is 6.25. The molecule has 0 bridgehead atoms. The maximum Gasteiger partial charge on any atom is 0.433 e. The van der Waals surface area contributed by atoms with E-state index in [1.807, 2.05) is 0 Å². The first kappa shape index (κ1) is 26.7. The molecular formula is C22H24F6N4O3. The monoisotopic (exact) mass is 506 g/mol. The average molecular weight is 506 g/mol. The fourth-order valence-electron chi connectivity index (χ4n) is 3.36. The maximum atomic E-state index is 13.0. The highest BCUT2D eigenvalue weighted by molar-refractivity contribution is 5.84. The van der Waals surface area contributed by atoms with Crippen molar-refractivity contribution in [1.29, 1.82) is 0 Å². The van der Waals surface area contributed by atoms with Gasteiger partial charge in [0.2, 0.25) is 0 Å². The summed E-state index contributed by atoms with van der Waals surface area (Å²) in [5.74, 6) is 0. The molecule has 3 aromatic rings. The van der Waals surface area contributed by atoms with Crippen molar-refractivity contribution < 1.29 is 41.3 Å². The van der Waals surface area contributed by atoms with Crippen molar-refractivity contribution in [2.45, 2.75) is 51.0 Å². The van der Waals surface area contributed by atoms with Crippen LogP contribution in [-0.2, 0) is 23.1 Å². The number of hydrogen-bond donors (Lipinski definition) is 3. The Kier molecular flexibility index (Phi) is 7.62. The lowest BCUT2D eigenvalue weighted by Gasteiger charge is -2.24. The standard InChI is InChI=1S/C22H24F6N4O3/c1-20(2,34)14-10-16-13(11-32(31-16)7-4-8-35-12-21(23,24)25)9-17(14)30-19(33)15-5-3-6-18(29-15)22(26,27)28/h3,5-6,9-11,19,30,33-34H,4,7-8,12H2,1-2H3. The van der Waals surface area contributed by atoms with Gasteiger partial charge in [-0.15, -0.1) is 0 Å². The number of aliphatic hydroxyl groups is 2. The van der Waals surface area contributed by atoms with E-state index in [2.05, 4.69) is 20.1 Å². The zero-order chi connectivity index (χ0) is 26.0. The Labute approximate surface area is 196 Å². The second kappa shape index (κ2) is 9.99. The predicted molar refractivity (Wildman–Crippen MR) is 114 cm³/mol. The number of nitrogens with zero attached hydrogens (tertiary/aromatic N) is 3. The van der Waals surface area contributed by atoms with E-state index in [0.29, 0.717) is 16.5 Å². The predicted octanol–water partition coefficient (Wildman–Crippen LogP) is 4.75. The summed E-state index contributed by atoms with van der Waals surface area (Å²) < 4.78 is 81.4. The minimum atomic E-state index is -4.68. The lowest BCUT2D eigenvalue weighted by molar-refractivity contribution is -0.174. The van der Waals surface area contributed by atoms with Gasteiger partial charge in [-0.1, -0.05) is 6.07 Å². The molecule has 35 heavy (non-hydrogen) atoms. The van der Waals surface area contributed by atoms with E-state index in [4.69, 9.17) is 0 Å². The summed E-state index contributed by atoms with van der Waals surface area (Å²) in [6.45, 7) is 1.80. The van der Waals surface area contributed by atoms with E-state index in [9.17, 15) is 36.6 Å². The van der Waals surface area contributed by atoms with Crippen LogP contribution in [0.2, 0.25) is 0 Å². The summed E-state index contributed by atoms with van der Waals surface area (Å²) in [7, 11) is 0. The van der Waals surface area contributed by atoms with Crippen LogP contribution in [0.5, 0.6) is 0 Å². The largest absolute Gasteiger partial charge is 0.433 e. The van der Waals surface area contributed by atoms with Crippen LogP contribution in [-0.4, -0.2) is 44.4 Å². The van der Waals surface area contributed by atoms with E-state index in [1.165, 1.54) is 24.6 Å². The molecule has 0 fully saturated rings. The minimum Gasteiger partial charge on any atom is -0.386 e. The summed E-state index contributed by atoms with van der Waals surface area (Å²) >= 11 is 0. The van der Waals surface area contributed by atoms with Crippen molar-refractivity contribution in [3.8, 4) is 0 Å². The van der Waals surface area contributed by atoms with Crippen LogP contribution in [0.25, 0.3) is 10.9 Å². The Hall–Kier alpha value is -2.90. The molecule has 2 aromatic heterocycles. The molecule has 0 aliphatic carbocycles. The van der Waals surface area contributed by atoms with Gasteiger partial charge in [-0.05, 0) is 44.5 Å². The van der Waals surface area contributed by atoms with Crippen LogP contribution in [0.4, 0.5) is 32.0 Å². The van der Waals surface area contributed by atoms with E-state index in [1.54, 1.807) is 18.3 Å². The minimum absolute atomic E-state index is 0.117. The van der Waals surface area contributed by atoms with Gasteiger partial charge in [0.15, 0.2) is 6.23 Å². The normalized spacial score (nSPS) is 13.9. The molecule has 192 valence electrons. The van der Waals surface area contributed by atoms with Crippen LogP contribution in [0.15, 0.2) is 36.5 Å². The second-order valence-electron chi connectivity index (χ2n) is 8.42. The molecule has 3 rings (SSSR count). The van der Waals surface area contributed by atoms with Gasteiger partial charge in [0.1, 0.15) is 12.3 Å². The molecule has 0 saturated carbocycles. The van der Waals surface area contributed by atoms with Gasteiger partial charge in [-0.3, -0.25) is 4.68 Å². The molecule has 0 saturated heterocycles. The fraction of sp³-hybridized carbons (Fsp3) is 0.455. The molecule has 0 aliphatic rings. The lowest BCUT2D eigenvalue weighted by atomic mass is 9.95. The molecule has 1 unspecified atom stereocenters. The number of aromatic nitrogens is 3. The van der Waals surface area contributed by atoms with Gasteiger partial charge in [0.25, 0.3) is 0 Å². The molecule has 0 aliphatic heterocycles. The van der Waals surface area contributed by atoms with Gasteiger partial charge >= 0.3 is 12.4 Å². The Balaban J connectivity index is 1.81. The van der Waals surface area contributed by atoms with Crippen molar-refractivity contribution in [2.75, 3.05) is 18.5 Å². The van der Waals surface area contributed by atoms with E-state index in [0.717, 1.165) is 12.1 Å². The molecule has 0 amide bonds. The number of halogens is 6. The molecule has 1 atom stereocenters. The van der Waals surface area contributed by atoms with Gasteiger partial charge in [-0.2, -0.15) is 31.4 Å². The Morgan fingerprint density at radius 3 is 2.46 bits per heavy atom. The first-order valence-corrected chi connectivity index (χ1v) is 10.5. The Morgan fingerprint density at radius 1 is 1.11 bits per heavy atom. The van der Waals surface area contributed by atoms with Crippen molar-refractivity contribution in [1.82, 2.24) is 14.8 Å². The van der Waals surface area contributed by atoms with Gasteiger partial charge in [0.05, 0.1) is 16.8 Å². The highest BCUT2D eigenvalue weighted by Crippen LogP contribution is 2.34. The third-order valence-corrected chi connectivity index (χ3v) is 4.93. The molecular weight excluding hydrogens is 482 g/mol. The third-order valence-electron chi connectivity index (χ3n) is 4.93. The highest BCUT2D eigenvalue weighted by Gasteiger charge is 2.33. The first-order valence-electron chi connectivity index (χ1n) is 10.5. The smallest absolute Gasteiger partial charge is 0.386 e. The molecule has 3 N–H and O–H groups in total. The zero-order valence-corrected chi connectivity index (χ0v) is 18.8. The zero-order valence-electron chi connectivity index (χ0n) is 18.8. The Bertz CT molecular complexity index is 1150. The molecule has 7 nitrogen and oxygen atoms in total. The number of aryl methyl sites for hydroxylation is 1. The van der Waals surface area contributed by atoms with Crippen LogP contribution in [0, 0.1) is 0 Å². The van der Waals surface area contributed by atoms with E-state index in [-0.39, 0.29) is 31.0 Å². The van der Waals surface area contributed by atoms with Crippen LogP contribution in [0.1, 0.15) is 43.4 Å². The quantitative estimate of drug-likeness (QED) is 0.220. The fourth-order valence-corrected chi connectivity index (χ4v) is 3.36. The highest BCUT2D eigenvalue weighted by atomic mass is 19.4. The van der Waals surface area contributed by atoms with Crippen molar-refractivity contribution in [3.05, 3.63) is 53.5 Å². The lowest BCUT2D eigenvalue weighted by Crippen LogP contribution is -2.21. The van der Waals surface area contributed by atoms with Gasteiger partial charge in [0, 0.05) is 36.0 Å². The molecule has 1 aromatic carbocycles. The Morgan fingerprint density at radius 2 is 1.83 bits per heavy atom. The first-order chi connectivity index (χ1) is 16.1. The summed E-state index contributed by atoms with van der Waals surface area (Å²) in [6.07, 6.45) is -8.80. The number of ether oxygens (including phenoxy) is 1. The van der Waals surface area contributed by atoms with Crippen molar-refractivity contribution in [2.24, 2.45) is 0 Å².